The first kappa shape index (κ1) is 20.4. The van der Waals surface area contributed by atoms with Gasteiger partial charge in [-0.05, 0) is 51.0 Å². The lowest BCUT2D eigenvalue weighted by Gasteiger charge is -2.30. The molecule has 0 atom stereocenters. The van der Waals surface area contributed by atoms with E-state index in [0.717, 1.165) is 55.0 Å². The second-order valence-electron chi connectivity index (χ2n) is 7.98. The van der Waals surface area contributed by atoms with E-state index < -0.39 is 0 Å². The number of para-hydroxylation sites is 1. The highest BCUT2D eigenvalue weighted by atomic mass is 16.1. The van der Waals surface area contributed by atoms with Crippen LogP contribution in [0.5, 0.6) is 0 Å². The second kappa shape index (κ2) is 9.72. The van der Waals surface area contributed by atoms with Crippen molar-refractivity contribution in [3.63, 3.8) is 0 Å². The monoisotopic (exact) mass is 402 g/mol. The first-order valence-corrected chi connectivity index (χ1v) is 10.9. The molecule has 1 amide bonds. The molecule has 1 saturated heterocycles. The molecule has 0 bridgehead atoms. The Balaban J connectivity index is 1.48. The lowest BCUT2D eigenvalue weighted by atomic mass is 9.95. The molecule has 1 aliphatic rings. The van der Waals surface area contributed by atoms with Gasteiger partial charge in [0.25, 0.3) is 0 Å². The minimum atomic E-state index is 0.113. The average Bonchev–Trinajstić information content (AvgIpc) is 3.24. The van der Waals surface area contributed by atoms with Crippen molar-refractivity contribution in [1.29, 1.82) is 0 Å². The molecule has 2 heterocycles. The molecular formula is C25H30N4O. The summed E-state index contributed by atoms with van der Waals surface area (Å²) in [6.45, 7) is 5.87. The van der Waals surface area contributed by atoms with Gasteiger partial charge in [0.05, 0.1) is 11.4 Å². The lowest BCUT2D eigenvalue weighted by molar-refractivity contribution is -0.126. The molecule has 4 rings (SSSR count). The van der Waals surface area contributed by atoms with Crippen LogP contribution in [0.3, 0.4) is 0 Å². The van der Waals surface area contributed by atoms with Crippen molar-refractivity contribution in [2.75, 3.05) is 19.6 Å². The zero-order valence-corrected chi connectivity index (χ0v) is 17.6. The number of benzene rings is 2. The number of likely N-dealkylation sites (tertiary alicyclic amines) is 1. The first-order valence-electron chi connectivity index (χ1n) is 10.9. The van der Waals surface area contributed by atoms with E-state index in [-0.39, 0.29) is 11.8 Å². The van der Waals surface area contributed by atoms with Crippen molar-refractivity contribution < 1.29 is 4.79 Å². The maximum atomic E-state index is 12.8. The summed E-state index contributed by atoms with van der Waals surface area (Å²) in [7, 11) is 0. The minimum absolute atomic E-state index is 0.113. The number of amides is 1. The molecule has 5 nitrogen and oxygen atoms in total. The molecule has 1 N–H and O–H groups in total. The number of rotatable bonds is 7. The van der Waals surface area contributed by atoms with Crippen molar-refractivity contribution in [1.82, 2.24) is 20.0 Å². The maximum absolute atomic E-state index is 12.8. The number of piperidine rings is 1. The van der Waals surface area contributed by atoms with Gasteiger partial charge in [0, 0.05) is 29.8 Å². The van der Waals surface area contributed by atoms with Gasteiger partial charge in [0.1, 0.15) is 0 Å². The summed E-state index contributed by atoms with van der Waals surface area (Å²) in [4.78, 5) is 15.3. The number of carbonyl (C=O) groups excluding carboxylic acids is 1. The van der Waals surface area contributed by atoms with Gasteiger partial charge in [-0.25, -0.2) is 4.68 Å². The molecule has 1 aliphatic heterocycles. The maximum Gasteiger partial charge on any atom is 0.223 e. The summed E-state index contributed by atoms with van der Waals surface area (Å²) in [5.41, 5.74) is 4.01. The summed E-state index contributed by atoms with van der Waals surface area (Å²) in [5, 5.41) is 8.01. The molecular weight excluding hydrogens is 372 g/mol. The second-order valence-corrected chi connectivity index (χ2v) is 7.98. The fraction of sp³-hybridized carbons (Fsp3) is 0.360. The molecule has 0 radical (unpaired) electrons. The normalized spacial score (nSPS) is 15.2. The Morgan fingerprint density at radius 2 is 1.70 bits per heavy atom. The average molecular weight is 403 g/mol. The lowest BCUT2D eigenvalue weighted by Crippen LogP contribution is -2.40. The molecule has 0 saturated carbocycles. The SMILES string of the molecule is CCCN1CCC(C(=O)NCc2cn(-c3ccccc3)nc2-c2ccccc2)CC1. The van der Waals surface area contributed by atoms with Crippen LogP contribution in [-0.4, -0.2) is 40.2 Å². The fourth-order valence-electron chi connectivity index (χ4n) is 4.15. The molecule has 3 aromatic rings. The van der Waals surface area contributed by atoms with E-state index in [1.807, 2.05) is 59.4 Å². The molecule has 0 aliphatic carbocycles. The third kappa shape index (κ3) is 4.79. The summed E-state index contributed by atoms with van der Waals surface area (Å²) in [6.07, 6.45) is 5.09. The van der Waals surface area contributed by atoms with Crippen molar-refractivity contribution in [3.05, 3.63) is 72.4 Å². The molecule has 1 aromatic heterocycles. The topological polar surface area (TPSA) is 50.2 Å². The van der Waals surface area contributed by atoms with Crippen molar-refractivity contribution in [2.45, 2.75) is 32.7 Å². The highest BCUT2D eigenvalue weighted by Crippen LogP contribution is 2.24. The highest BCUT2D eigenvalue weighted by molar-refractivity contribution is 5.79. The largest absolute Gasteiger partial charge is 0.352 e. The van der Waals surface area contributed by atoms with E-state index in [1.54, 1.807) is 0 Å². The van der Waals surface area contributed by atoms with E-state index in [9.17, 15) is 4.79 Å². The smallest absolute Gasteiger partial charge is 0.223 e. The van der Waals surface area contributed by atoms with E-state index >= 15 is 0 Å². The Kier molecular flexibility index (Phi) is 6.60. The van der Waals surface area contributed by atoms with Crippen LogP contribution in [0.1, 0.15) is 31.7 Å². The van der Waals surface area contributed by atoms with Gasteiger partial charge in [0.2, 0.25) is 5.91 Å². The molecule has 0 unspecified atom stereocenters. The van der Waals surface area contributed by atoms with Crippen LogP contribution in [0.2, 0.25) is 0 Å². The van der Waals surface area contributed by atoms with Gasteiger partial charge < -0.3 is 10.2 Å². The Labute approximate surface area is 178 Å². The number of aromatic nitrogens is 2. The van der Waals surface area contributed by atoms with E-state index in [2.05, 4.69) is 29.3 Å². The van der Waals surface area contributed by atoms with Crippen molar-refractivity contribution in [3.8, 4) is 16.9 Å². The van der Waals surface area contributed by atoms with E-state index in [0.29, 0.717) is 6.54 Å². The summed E-state index contributed by atoms with van der Waals surface area (Å²) >= 11 is 0. The highest BCUT2D eigenvalue weighted by Gasteiger charge is 2.24. The molecule has 0 spiro atoms. The van der Waals surface area contributed by atoms with Crippen LogP contribution in [0.15, 0.2) is 66.9 Å². The summed E-state index contributed by atoms with van der Waals surface area (Å²) in [6, 6.07) is 20.2. The van der Waals surface area contributed by atoms with Gasteiger partial charge in [-0.15, -0.1) is 0 Å². The summed E-state index contributed by atoms with van der Waals surface area (Å²) < 4.78 is 1.90. The Bertz CT molecular complexity index is 944. The molecule has 5 heteroatoms. The molecule has 30 heavy (non-hydrogen) atoms. The summed E-state index contributed by atoms with van der Waals surface area (Å²) in [5.74, 6) is 0.278. The number of carbonyl (C=O) groups is 1. The van der Waals surface area contributed by atoms with Crippen LogP contribution in [0.25, 0.3) is 16.9 Å². The van der Waals surface area contributed by atoms with Crippen LogP contribution in [0.4, 0.5) is 0 Å². The Morgan fingerprint density at radius 3 is 2.37 bits per heavy atom. The third-order valence-electron chi connectivity index (χ3n) is 5.81. The van der Waals surface area contributed by atoms with E-state index in [4.69, 9.17) is 5.10 Å². The minimum Gasteiger partial charge on any atom is -0.352 e. The Hall–Kier alpha value is -2.92. The predicted octanol–water partition coefficient (Wildman–Crippen LogP) is 4.28. The Morgan fingerprint density at radius 1 is 1.03 bits per heavy atom. The van der Waals surface area contributed by atoms with Crippen LogP contribution < -0.4 is 5.32 Å². The van der Waals surface area contributed by atoms with Gasteiger partial charge in [-0.1, -0.05) is 55.5 Å². The molecule has 156 valence electrons. The van der Waals surface area contributed by atoms with Crippen LogP contribution in [-0.2, 0) is 11.3 Å². The zero-order valence-electron chi connectivity index (χ0n) is 17.6. The van der Waals surface area contributed by atoms with Crippen LogP contribution in [0, 0.1) is 5.92 Å². The van der Waals surface area contributed by atoms with Gasteiger partial charge in [-0.3, -0.25) is 4.79 Å². The standard InChI is InChI=1S/C25H30N4O/c1-2-15-28-16-13-21(14-17-28)25(30)26-18-22-19-29(23-11-7-4-8-12-23)27-24(22)20-9-5-3-6-10-20/h3-12,19,21H,2,13-18H2,1H3,(H,26,30). The van der Waals surface area contributed by atoms with Gasteiger partial charge in [-0.2, -0.15) is 5.10 Å². The van der Waals surface area contributed by atoms with Gasteiger partial charge in [0.15, 0.2) is 0 Å². The van der Waals surface area contributed by atoms with Gasteiger partial charge >= 0.3 is 0 Å². The third-order valence-corrected chi connectivity index (χ3v) is 5.81. The predicted molar refractivity (Wildman–Crippen MR) is 120 cm³/mol. The van der Waals surface area contributed by atoms with Crippen molar-refractivity contribution >= 4 is 5.91 Å². The van der Waals surface area contributed by atoms with E-state index in [1.165, 1.54) is 6.42 Å². The van der Waals surface area contributed by atoms with Crippen molar-refractivity contribution in [2.24, 2.45) is 5.92 Å². The number of nitrogens with zero attached hydrogens (tertiary/aromatic N) is 3. The zero-order chi connectivity index (χ0) is 20.8. The fourth-order valence-corrected chi connectivity index (χ4v) is 4.15. The number of hydrogen-bond acceptors (Lipinski definition) is 3. The number of nitrogens with one attached hydrogen (secondary N) is 1. The molecule has 2 aromatic carbocycles. The number of hydrogen-bond donors (Lipinski definition) is 1. The molecule has 1 fully saturated rings. The van der Waals surface area contributed by atoms with Crippen LogP contribution >= 0.6 is 0 Å². The first-order chi connectivity index (χ1) is 14.7. The quantitative estimate of drug-likeness (QED) is 0.642.